The highest BCUT2D eigenvalue weighted by Gasteiger charge is 2.32. The van der Waals surface area contributed by atoms with Gasteiger partial charge in [0.15, 0.2) is 15.0 Å². The highest BCUT2D eigenvalue weighted by Crippen LogP contribution is 2.30. The molecule has 0 amide bonds. The summed E-state index contributed by atoms with van der Waals surface area (Å²) in [6.07, 6.45) is 1.80. The van der Waals surface area contributed by atoms with Gasteiger partial charge in [-0.3, -0.25) is 10.1 Å². The molecule has 1 aromatic heterocycles. The third kappa shape index (κ3) is 4.54. The van der Waals surface area contributed by atoms with Crippen molar-refractivity contribution in [3.63, 3.8) is 0 Å². The Balaban J connectivity index is 1.40. The molecule has 0 N–H and O–H groups in total. The summed E-state index contributed by atoms with van der Waals surface area (Å²) in [6, 6.07) is 11.5. The number of piperidine rings is 1. The van der Waals surface area contributed by atoms with Crippen LogP contribution < -0.4 is 4.90 Å². The molecule has 9 heteroatoms. The van der Waals surface area contributed by atoms with Gasteiger partial charge < -0.3 is 4.90 Å². The van der Waals surface area contributed by atoms with Crippen LogP contribution in [0.3, 0.4) is 0 Å². The fourth-order valence-corrected chi connectivity index (χ4v) is 6.64. The van der Waals surface area contributed by atoms with Gasteiger partial charge in [0, 0.05) is 37.0 Å². The number of sulfone groups is 1. The minimum absolute atomic E-state index is 0.112. The van der Waals surface area contributed by atoms with Gasteiger partial charge in [0.25, 0.3) is 5.69 Å². The van der Waals surface area contributed by atoms with E-state index in [4.69, 9.17) is 4.98 Å². The van der Waals surface area contributed by atoms with Crippen molar-refractivity contribution in [2.24, 2.45) is 0 Å². The molecule has 2 heterocycles. The van der Waals surface area contributed by atoms with Crippen molar-refractivity contribution in [2.45, 2.75) is 43.3 Å². The molecule has 0 radical (unpaired) electrons. The zero-order chi connectivity index (χ0) is 22.9. The fraction of sp³-hybridized carbons (Fsp3) is 0.348. The molecule has 32 heavy (non-hydrogen) atoms. The lowest BCUT2D eigenvalue weighted by Crippen LogP contribution is -2.39. The molecule has 1 fully saturated rings. The second kappa shape index (κ2) is 8.99. The van der Waals surface area contributed by atoms with E-state index < -0.39 is 20.0 Å². The Hall–Kier alpha value is -2.78. The Labute approximate surface area is 191 Å². The Morgan fingerprint density at radius 3 is 2.47 bits per heavy atom. The molecule has 7 nitrogen and oxygen atoms in total. The quantitative estimate of drug-likeness (QED) is 0.382. The van der Waals surface area contributed by atoms with Crippen LogP contribution in [0.1, 0.15) is 35.2 Å². The van der Waals surface area contributed by atoms with Gasteiger partial charge >= 0.3 is 0 Å². The van der Waals surface area contributed by atoms with Crippen LogP contribution in [0.5, 0.6) is 0 Å². The normalized spacial score (nSPS) is 15.1. The number of nitro groups is 1. The van der Waals surface area contributed by atoms with Crippen molar-refractivity contribution < 1.29 is 13.3 Å². The van der Waals surface area contributed by atoms with Crippen molar-refractivity contribution in [1.82, 2.24) is 4.98 Å². The van der Waals surface area contributed by atoms with E-state index in [0.29, 0.717) is 25.9 Å². The summed E-state index contributed by atoms with van der Waals surface area (Å²) in [6.45, 7) is 5.48. The minimum Gasteiger partial charge on any atom is -0.348 e. The van der Waals surface area contributed by atoms with E-state index in [1.807, 2.05) is 0 Å². The SMILES string of the molecule is Cc1cccc(Cc2csc(N3CCC(S(=O)(=O)c4ccc([N+](=O)[O-])cc4)CC3)n2)c1C. The topological polar surface area (TPSA) is 93.4 Å². The molecule has 0 spiro atoms. The summed E-state index contributed by atoms with van der Waals surface area (Å²) < 4.78 is 26.0. The number of hydrogen-bond donors (Lipinski definition) is 0. The Bertz CT molecular complexity index is 1230. The van der Waals surface area contributed by atoms with Crippen LogP contribution in [0.4, 0.5) is 10.8 Å². The number of hydrogen-bond acceptors (Lipinski definition) is 7. The summed E-state index contributed by atoms with van der Waals surface area (Å²) in [5.41, 5.74) is 4.75. The average molecular weight is 472 g/mol. The first kappa shape index (κ1) is 22.4. The molecule has 0 aliphatic carbocycles. The number of anilines is 1. The molecule has 168 valence electrons. The number of nitro benzene ring substituents is 1. The van der Waals surface area contributed by atoms with Crippen LogP contribution in [0.2, 0.25) is 0 Å². The first-order chi connectivity index (χ1) is 15.3. The van der Waals surface area contributed by atoms with Crippen molar-refractivity contribution >= 4 is 32.0 Å². The summed E-state index contributed by atoms with van der Waals surface area (Å²) >= 11 is 1.60. The van der Waals surface area contributed by atoms with E-state index in [-0.39, 0.29) is 10.6 Å². The van der Waals surface area contributed by atoms with E-state index in [1.54, 1.807) is 11.3 Å². The van der Waals surface area contributed by atoms with Crippen LogP contribution in [0.15, 0.2) is 52.7 Å². The van der Waals surface area contributed by atoms with E-state index in [0.717, 1.165) is 17.2 Å². The number of benzene rings is 2. The van der Waals surface area contributed by atoms with E-state index in [9.17, 15) is 18.5 Å². The molecule has 0 bridgehead atoms. The van der Waals surface area contributed by atoms with Gasteiger partial charge in [-0.15, -0.1) is 11.3 Å². The van der Waals surface area contributed by atoms with Crippen LogP contribution in [0.25, 0.3) is 0 Å². The Morgan fingerprint density at radius 1 is 1.12 bits per heavy atom. The predicted molar refractivity (Wildman–Crippen MR) is 126 cm³/mol. The standard InChI is InChI=1S/C23H25N3O4S2/c1-16-4-3-5-18(17(16)2)14-19-15-31-23(24-19)25-12-10-22(11-13-25)32(29,30)21-8-6-20(7-9-21)26(27)28/h3-9,15,22H,10-14H2,1-2H3. The summed E-state index contributed by atoms with van der Waals surface area (Å²) in [4.78, 5) is 17.4. The maximum absolute atomic E-state index is 13.0. The van der Waals surface area contributed by atoms with Crippen molar-refractivity contribution in [3.8, 4) is 0 Å². The molecule has 3 aromatic rings. The van der Waals surface area contributed by atoms with E-state index in [1.165, 1.54) is 41.0 Å². The molecule has 1 aliphatic rings. The number of aryl methyl sites for hydroxylation is 1. The number of nitrogens with zero attached hydrogens (tertiary/aromatic N) is 3. The Morgan fingerprint density at radius 2 is 1.81 bits per heavy atom. The van der Waals surface area contributed by atoms with Gasteiger partial charge in [0.1, 0.15) is 0 Å². The largest absolute Gasteiger partial charge is 0.348 e. The molecule has 1 saturated heterocycles. The average Bonchev–Trinajstić information content (AvgIpc) is 3.25. The molecular weight excluding hydrogens is 446 g/mol. The molecule has 0 unspecified atom stereocenters. The highest BCUT2D eigenvalue weighted by atomic mass is 32.2. The summed E-state index contributed by atoms with van der Waals surface area (Å²) in [5.74, 6) is 0. The highest BCUT2D eigenvalue weighted by molar-refractivity contribution is 7.92. The molecule has 0 atom stereocenters. The van der Waals surface area contributed by atoms with Crippen LogP contribution >= 0.6 is 11.3 Å². The zero-order valence-electron chi connectivity index (χ0n) is 18.0. The number of non-ortho nitro benzene ring substituents is 1. The second-order valence-corrected chi connectivity index (χ2v) is 11.2. The maximum atomic E-state index is 13.0. The van der Waals surface area contributed by atoms with Gasteiger partial charge in [-0.05, 0) is 55.5 Å². The third-order valence-electron chi connectivity index (χ3n) is 6.16. The lowest BCUT2D eigenvalue weighted by molar-refractivity contribution is -0.384. The third-order valence-corrected chi connectivity index (χ3v) is 9.38. The van der Waals surface area contributed by atoms with Gasteiger partial charge in [-0.1, -0.05) is 18.2 Å². The van der Waals surface area contributed by atoms with E-state index >= 15 is 0 Å². The van der Waals surface area contributed by atoms with Gasteiger partial charge in [-0.2, -0.15) is 0 Å². The minimum atomic E-state index is -3.52. The van der Waals surface area contributed by atoms with Crippen LogP contribution in [-0.4, -0.2) is 36.7 Å². The summed E-state index contributed by atoms with van der Waals surface area (Å²) in [5, 5.41) is 13.3. The molecule has 1 aliphatic heterocycles. The Kier molecular flexibility index (Phi) is 6.30. The van der Waals surface area contributed by atoms with Crippen molar-refractivity contribution in [3.05, 3.63) is 80.3 Å². The lowest BCUT2D eigenvalue weighted by atomic mass is 10.0. The number of thiazole rings is 1. The fourth-order valence-electron chi connectivity index (χ4n) is 4.03. The van der Waals surface area contributed by atoms with Gasteiger partial charge in [0.05, 0.1) is 20.8 Å². The first-order valence-corrected chi connectivity index (χ1v) is 12.9. The van der Waals surface area contributed by atoms with Crippen LogP contribution in [-0.2, 0) is 16.3 Å². The molecule has 2 aromatic carbocycles. The monoisotopic (exact) mass is 471 g/mol. The molecular formula is C23H25N3O4S2. The lowest BCUT2D eigenvalue weighted by Gasteiger charge is -2.31. The van der Waals surface area contributed by atoms with Gasteiger partial charge in [-0.25, -0.2) is 13.4 Å². The predicted octanol–water partition coefficient (Wildman–Crippen LogP) is 4.70. The van der Waals surface area contributed by atoms with Crippen LogP contribution in [0, 0.1) is 24.0 Å². The molecule has 4 rings (SSSR count). The van der Waals surface area contributed by atoms with Gasteiger partial charge in [0.2, 0.25) is 0 Å². The number of aromatic nitrogens is 1. The zero-order valence-corrected chi connectivity index (χ0v) is 19.7. The first-order valence-electron chi connectivity index (χ1n) is 10.5. The number of rotatable bonds is 6. The van der Waals surface area contributed by atoms with E-state index in [2.05, 4.69) is 42.3 Å². The molecule has 0 saturated carbocycles. The van der Waals surface area contributed by atoms with Crippen molar-refractivity contribution in [2.75, 3.05) is 18.0 Å². The maximum Gasteiger partial charge on any atom is 0.269 e. The smallest absolute Gasteiger partial charge is 0.269 e. The van der Waals surface area contributed by atoms with Crippen molar-refractivity contribution in [1.29, 1.82) is 0 Å². The second-order valence-electron chi connectivity index (χ2n) is 8.14. The summed E-state index contributed by atoms with van der Waals surface area (Å²) in [7, 11) is -3.52.